The Balaban J connectivity index is 2.24. The molecule has 0 saturated carbocycles. The highest BCUT2D eigenvalue weighted by molar-refractivity contribution is 7.22. The molecule has 0 bridgehead atoms. The summed E-state index contributed by atoms with van der Waals surface area (Å²) in [5, 5.41) is 9.15. The second kappa shape index (κ2) is 3.55. The van der Waals surface area contributed by atoms with Gasteiger partial charge in [0.1, 0.15) is 6.07 Å². The standard InChI is InChI=1S/C10H13BN2O2S/c1-9(2)10(3,4)15-11(14-9)7-6-13-8(5-12)16-7/h6H,1-4H3/i5+1,12+1. The average Bonchev–Trinajstić information content (AvgIpc) is 2.70. The molecule has 6 heteroatoms. The van der Waals surface area contributed by atoms with E-state index in [9.17, 15) is 0 Å². The molecule has 4 nitrogen and oxygen atoms in total. The number of thiazole rings is 1. The highest BCUT2D eigenvalue weighted by Crippen LogP contribution is 2.36. The molecule has 0 spiro atoms. The third-order valence-corrected chi connectivity index (χ3v) is 4.03. The topological polar surface area (TPSA) is 55.1 Å². The lowest BCUT2D eigenvalue weighted by atomic mass is 9.89. The van der Waals surface area contributed by atoms with Crippen molar-refractivity contribution in [2.75, 3.05) is 0 Å². The van der Waals surface area contributed by atoms with Gasteiger partial charge in [0.25, 0.3) is 0 Å². The Bertz CT molecular complexity index is 434. The fourth-order valence-electron chi connectivity index (χ4n) is 1.41. The minimum absolute atomic E-state index is 0.353. The first-order valence-electron chi connectivity index (χ1n) is 5.07. The van der Waals surface area contributed by atoms with Crippen molar-refractivity contribution in [2.45, 2.75) is 38.9 Å². The van der Waals surface area contributed by atoms with Crippen LogP contribution in [0.2, 0.25) is 0 Å². The third kappa shape index (κ3) is 1.75. The predicted octanol–water partition coefficient (Wildman–Crippen LogP) is 1.31. The van der Waals surface area contributed by atoms with Crippen LogP contribution < -0.4 is 4.78 Å². The van der Waals surface area contributed by atoms with Crippen LogP contribution in [0.1, 0.15) is 32.7 Å². The van der Waals surface area contributed by atoms with Gasteiger partial charge in [-0.15, -0.1) is 11.3 Å². The molecule has 16 heavy (non-hydrogen) atoms. The lowest BCUT2D eigenvalue weighted by Crippen LogP contribution is -2.41. The molecule has 2 heterocycles. The highest BCUT2D eigenvalue weighted by Gasteiger charge is 2.52. The van der Waals surface area contributed by atoms with Gasteiger partial charge in [0, 0.05) is 6.20 Å². The van der Waals surface area contributed by atoms with Crippen molar-refractivity contribution < 1.29 is 9.31 Å². The van der Waals surface area contributed by atoms with E-state index < -0.39 is 7.12 Å². The van der Waals surface area contributed by atoms with Crippen molar-refractivity contribution >= 4 is 23.2 Å². The molecule has 2 rings (SSSR count). The molecular formula is C10H13BN2O2S. The van der Waals surface area contributed by atoms with Gasteiger partial charge in [-0.3, -0.25) is 0 Å². The van der Waals surface area contributed by atoms with Crippen molar-refractivity contribution in [3.05, 3.63) is 11.2 Å². The second-order valence-corrected chi connectivity index (χ2v) is 5.83. The Morgan fingerprint density at radius 1 is 1.31 bits per heavy atom. The van der Waals surface area contributed by atoms with Gasteiger partial charge in [0.05, 0.1) is 16.0 Å². The fourth-order valence-corrected chi connectivity index (χ4v) is 2.08. The largest absolute Gasteiger partial charge is 0.507 e. The molecule has 0 atom stereocenters. The molecule has 0 amide bonds. The van der Waals surface area contributed by atoms with E-state index in [0.717, 1.165) is 4.78 Å². The van der Waals surface area contributed by atoms with Crippen molar-refractivity contribution in [1.29, 1.82) is 5.26 Å². The van der Waals surface area contributed by atoms with Crippen molar-refractivity contribution in [3.8, 4) is 6.07 Å². The van der Waals surface area contributed by atoms with Crippen LogP contribution in [0.25, 0.3) is 0 Å². The van der Waals surface area contributed by atoms with E-state index in [1.807, 2.05) is 33.8 Å². The molecule has 0 radical (unpaired) electrons. The number of hydrogen-bond donors (Lipinski definition) is 0. The first kappa shape index (κ1) is 11.6. The number of nitrogens with zero attached hydrogens (tertiary/aromatic N) is 2. The molecule has 0 unspecified atom stereocenters. The third-order valence-electron chi connectivity index (χ3n) is 3.10. The highest BCUT2D eigenvalue weighted by atomic mass is 32.1. The molecule has 0 N–H and O–H groups in total. The van der Waals surface area contributed by atoms with E-state index in [4.69, 9.17) is 14.6 Å². The number of hydrogen-bond acceptors (Lipinski definition) is 5. The minimum Gasteiger partial charge on any atom is -0.399 e. The van der Waals surface area contributed by atoms with Crippen LogP contribution >= 0.6 is 11.3 Å². The summed E-state index contributed by atoms with van der Waals surface area (Å²) in [5.41, 5.74) is -0.705. The molecular weight excluding hydrogens is 225 g/mol. The van der Waals surface area contributed by atoms with Crippen LogP contribution in [0.3, 0.4) is 0 Å². The van der Waals surface area contributed by atoms with Crippen molar-refractivity contribution in [1.82, 2.24) is 4.98 Å². The van der Waals surface area contributed by atoms with Crippen LogP contribution in [0.15, 0.2) is 6.20 Å². The summed E-state index contributed by atoms with van der Waals surface area (Å²) in [6, 6.07) is 2.01. The number of aromatic nitrogens is 1. The zero-order valence-electron chi connectivity index (χ0n) is 9.77. The first-order chi connectivity index (χ1) is 7.36. The second-order valence-electron chi connectivity index (χ2n) is 4.77. The molecule has 84 valence electrons. The Morgan fingerprint density at radius 2 is 1.88 bits per heavy atom. The Hall–Kier alpha value is -0.895. The summed E-state index contributed by atoms with van der Waals surface area (Å²) in [5.74, 6) is 0. The Morgan fingerprint density at radius 3 is 2.31 bits per heavy atom. The smallest absolute Gasteiger partial charge is 0.399 e. The maximum Gasteiger partial charge on any atom is 0.507 e. The van der Waals surface area contributed by atoms with Gasteiger partial charge < -0.3 is 9.31 Å². The van der Waals surface area contributed by atoms with Crippen molar-refractivity contribution in [3.63, 3.8) is 0 Å². The van der Waals surface area contributed by atoms with E-state index >= 15 is 0 Å². The summed E-state index contributed by atoms with van der Waals surface area (Å²) >= 11 is 1.31. The fraction of sp³-hybridized carbons (Fsp3) is 0.600. The van der Waals surface area contributed by atoms with Gasteiger partial charge in [0.15, 0.2) is 5.01 Å². The molecule has 1 aromatic heterocycles. The van der Waals surface area contributed by atoms with Gasteiger partial charge in [-0.2, -0.15) is 5.26 Å². The van der Waals surface area contributed by atoms with Gasteiger partial charge in [-0.25, -0.2) is 4.98 Å². The zero-order chi connectivity index (χ0) is 12.0. The molecule has 1 aliphatic rings. The van der Waals surface area contributed by atoms with Crippen LogP contribution in [0.5, 0.6) is 0 Å². The SMILES string of the molecule is CC1(C)OB(c2cnc([13C]#[15N])s2)OC1(C)C. The maximum absolute atomic E-state index is 8.72. The first-order valence-corrected chi connectivity index (χ1v) is 5.89. The van der Waals surface area contributed by atoms with Gasteiger partial charge in [-0.05, 0) is 27.7 Å². The summed E-state index contributed by atoms with van der Waals surface area (Å²) in [7, 11) is -0.412. The normalized spacial score (nSPS) is 22.1. The maximum atomic E-state index is 8.72. The van der Waals surface area contributed by atoms with Crippen LogP contribution in [0, 0.1) is 11.3 Å². The zero-order valence-corrected chi connectivity index (χ0v) is 10.6. The van der Waals surface area contributed by atoms with Crippen LogP contribution in [0.4, 0.5) is 0 Å². The van der Waals surface area contributed by atoms with E-state index in [0.29, 0.717) is 5.01 Å². The summed E-state index contributed by atoms with van der Waals surface area (Å²) in [4.78, 5) is 3.97. The Kier molecular flexibility index (Phi) is 2.57. The molecule has 0 aliphatic carbocycles. The molecule has 1 aromatic rings. The molecule has 0 aromatic carbocycles. The average molecular weight is 238 g/mol. The molecule has 1 aliphatic heterocycles. The lowest BCUT2D eigenvalue weighted by molar-refractivity contribution is 0.00578. The van der Waals surface area contributed by atoms with E-state index in [2.05, 4.69) is 4.98 Å². The van der Waals surface area contributed by atoms with Crippen molar-refractivity contribution in [2.24, 2.45) is 0 Å². The van der Waals surface area contributed by atoms with Crippen LogP contribution in [-0.2, 0) is 9.31 Å². The molecule has 1 fully saturated rings. The lowest BCUT2D eigenvalue weighted by Gasteiger charge is -2.32. The van der Waals surface area contributed by atoms with Gasteiger partial charge in [0.2, 0.25) is 0 Å². The quantitative estimate of drug-likeness (QED) is 0.420. The van der Waals surface area contributed by atoms with E-state index in [1.165, 1.54) is 11.3 Å². The van der Waals surface area contributed by atoms with E-state index in [-0.39, 0.29) is 11.2 Å². The summed E-state index contributed by atoms with van der Waals surface area (Å²) in [6.45, 7) is 8.00. The van der Waals surface area contributed by atoms with Gasteiger partial charge in [-0.1, -0.05) is 0 Å². The van der Waals surface area contributed by atoms with Gasteiger partial charge >= 0.3 is 7.12 Å². The molecule has 1 saturated heterocycles. The monoisotopic (exact) mass is 238 g/mol. The minimum atomic E-state index is -0.412. The predicted molar refractivity (Wildman–Crippen MR) is 62.5 cm³/mol. The summed E-state index contributed by atoms with van der Waals surface area (Å²) < 4.78 is 12.5. The Labute approximate surface area is 99.4 Å². The van der Waals surface area contributed by atoms with Crippen LogP contribution in [-0.4, -0.2) is 23.3 Å². The summed E-state index contributed by atoms with van der Waals surface area (Å²) in [6.07, 6.45) is 1.64. The van der Waals surface area contributed by atoms with E-state index in [1.54, 1.807) is 6.20 Å². The number of rotatable bonds is 1. The number of nitriles is 1.